The van der Waals surface area contributed by atoms with E-state index in [2.05, 4.69) is 26.9 Å². The van der Waals surface area contributed by atoms with Crippen LogP contribution in [0.3, 0.4) is 0 Å². The SMILES string of the molecule is C[C@H](Sc1nnnn1-c1cccc(F)c1)C(=O)NCCC1=CCCCC1. The summed E-state index contributed by atoms with van der Waals surface area (Å²) >= 11 is 1.25. The van der Waals surface area contributed by atoms with Crippen LogP contribution in [0.4, 0.5) is 4.39 Å². The number of halogens is 1. The van der Waals surface area contributed by atoms with Gasteiger partial charge in [0.2, 0.25) is 11.1 Å². The number of aromatic nitrogens is 4. The zero-order chi connectivity index (χ0) is 18.4. The lowest BCUT2D eigenvalue weighted by molar-refractivity contribution is -0.120. The highest BCUT2D eigenvalue weighted by atomic mass is 32.2. The number of nitrogens with zero attached hydrogens (tertiary/aromatic N) is 4. The molecule has 1 heterocycles. The van der Waals surface area contributed by atoms with Crippen LogP contribution in [0.5, 0.6) is 0 Å². The minimum absolute atomic E-state index is 0.0554. The molecule has 2 aromatic rings. The van der Waals surface area contributed by atoms with E-state index in [1.807, 2.05) is 6.92 Å². The number of tetrazole rings is 1. The van der Waals surface area contributed by atoms with Crippen molar-refractivity contribution in [1.29, 1.82) is 0 Å². The molecule has 0 saturated carbocycles. The second-order valence-electron chi connectivity index (χ2n) is 6.26. The van der Waals surface area contributed by atoms with Crippen molar-refractivity contribution in [1.82, 2.24) is 25.5 Å². The van der Waals surface area contributed by atoms with Crippen LogP contribution < -0.4 is 5.32 Å². The largest absolute Gasteiger partial charge is 0.355 e. The van der Waals surface area contributed by atoms with Crippen LogP contribution in [0.15, 0.2) is 41.1 Å². The molecule has 138 valence electrons. The Balaban J connectivity index is 1.54. The fourth-order valence-electron chi connectivity index (χ4n) is 2.86. The Labute approximate surface area is 156 Å². The first-order chi connectivity index (χ1) is 12.6. The molecule has 0 fully saturated rings. The Morgan fingerprint density at radius 3 is 3.08 bits per heavy atom. The number of hydrogen-bond acceptors (Lipinski definition) is 5. The average Bonchev–Trinajstić information content (AvgIpc) is 3.10. The van der Waals surface area contributed by atoms with Crippen LogP contribution in [0.2, 0.25) is 0 Å². The molecule has 0 radical (unpaired) electrons. The molecule has 26 heavy (non-hydrogen) atoms. The molecule has 1 N–H and O–H groups in total. The molecule has 1 atom stereocenters. The quantitative estimate of drug-likeness (QED) is 0.594. The van der Waals surface area contributed by atoms with E-state index in [0.29, 0.717) is 17.4 Å². The lowest BCUT2D eigenvalue weighted by Crippen LogP contribution is -2.32. The Kier molecular flexibility index (Phi) is 6.38. The molecule has 0 unspecified atom stereocenters. The third kappa shape index (κ3) is 4.91. The molecule has 1 aromatic heterocycles. The Bertz CT molecular complexity index is 791. The van der Waals surface area contributed by atoms with Crippen LogP contribution in [-0.4, -0.2) is 37.9 Å². The highest BCUT2D eigenvalue weighted by Crippen LogP contribution is 2.23. The highest BCUT2D eigenvalue weighted by molar-refractivity contribution is 8.00. The summed E-state index contributed by atoms with van der Waals surface area (Å²) in [4.78, 5) is 12.3. The van der Waals surface area contributed by atoms with Gasteiger partial charge in [-0.3, -0.25) is 4.79 Å². The van der Waals surface area contributed by atoms with Gasteiger partial charge in [0.05, 0.1) is 10.9 Å². The van der Waals surface area contributed by atoms with E-state index in [1.165, 1.54) is 47.0 Å². The summed E-state index contributed by atoms with van der Waals surface area (Å²) < 4.78 is 14.9. The molecule has 3 rings (SSSR count). The molecule has 1 aliphatic rings. The van der Waals surface area contributed by atoms with Gasteiger partial charge in [-0.2, -0.15) is 4.68 Å². The van der Waals surface area contributed by atoms with Crippen molar-refractivity contribution in [2.45, 2.75) is 49.4 Å². The molecular weight excluding hydrogens is 353 g/mol. The van der Waals surface area contributed by atoms with Crippen LogP contribution >= 0.6 is 11.8 Å². The summed E-state index contributed by atoms with van der Waals surface area (Å²) in [6, 6.07) is 6.02. The standard InChI is InChI=1S/C18H22FN5OS/c1-13(17(25)20-11-10-14-6-3-2-4-7-14)26-18-21-22-23-24(18)16-9-5-8-15(19)12-16/h5-6,8-9,12-13H,2-4,7,10-11H2,1H3,(H,20,25)/t13-/m0/s1. The van der Waals surface area contributed by atoms with Crippen molar-refractivity contribution in [2.24, 2.45) is 0 Å². The fourth-order valence-corrected chi connectivity index (χ4v) is 3.69. The monoisotopic (exact) mass is 375 g/mol. The molecule has 8 heteroatoms. The Morgan fingerprint density at radius 1 is 1.42 bits per heavy atom. The maximum Gasteiger partial charge on any atom is 0.233 e. The van der Waals surface area contributed by atoms with Gasteiger partial charge in [0.15, 0.2) is 0 Å². The van der Waals surface area contributed by atoms with Gasteiger partial charge < -0.3 is 5.32 Å². The molecule has 0 aliphatic heterocycles. The minimum atomic E-state index is -0.364. The Morgan fingerprint density at radius 2 is 2.31 bits per heavy atom. The van der Waals surface area contributed by atoms with Crippen molar-refractivity contribution in [3.8, 4) is 5.69 Å². The second kappa shape index (κ2) is 8.93. The van der Waals surface area contributed by atoms with Crippen molar-refractivity contribution in [2.75, 3.05) is 6.54 Å². The molecule has 6 nitrogen and oxygen atoms in total. The number of rotatable bonds is 7. The van der Waals surface area contributed by atoms with Gasteiger partial charge >= 0.3 is 0 Å². The minimum Gasteiger partial charge on any atom is -0.355 e. The molecule has 0 spiro atoms. The summed E-state index contributed by atoms with van der Waals surface area (Å²) in [6.07, 6.45) is 8.00. The van der Waals surface area contributed by atoms with E-state index in [0.717, 1.165) is 19.3 Å². The van der Waals surface area contributed by atoms with Gasteiger partial charge in [-0.05, 0) is 67.7 Å². The third-order valence-corrected chi connectivity index (χ3v) is 5.31. The number of benzene rings is 1. The van der Waals surface area contributed by atoms with E-state index < -0.39 is 0 Å². The predicted molar refractivity (Wildman–Crippen MR) is 98.6 cm³/mol. The van der Waals surface area contributed by atoms with E-state index in [-0.39, 0.29) is 17.0 Å². The van der Waals surface area contributed by atoms with Crippen molar-refractivity contribution < 1.29 is 9.18 Å². The molecule has 1 amide bonds. The van der Waals surface area contributed by atoms with Gasteiger partial charge in [-0.15, -0.1) is 5.10 Å². The first-order valence-corrected chi connectivity index (χ1v) is 9.68. The zero-order valence-corrected chi connectivity index (χ0v) is 15.5. The molecule has 0 bridgehead atoms. The number of hydrogen-bond donors (Lipinski definition) is 1. The van der Waals surface area contributed by atoms with Gasteiger partial charge in [0.25, 0.3) is 0 Å². The van der Waals surface area contributed by atoms with Crippen LogP contribution in [-0.2, 0) is 4.79 Å². The Hall–Kier alpha value is -2.22. The lowest BCUT2D eigenvalue weighted by Gasteiger charge is -2.14. The molecule has 1 aliphatic carbocycles. The molecular formula is C18H22FN5OS. The van der Waals surface area contributed by atoms with E-state index in [9.17, 15) is 9.18 Å². The van der Waals surface area contributed by atoms with Crippen molar-refractivity contribution >= 4 is 17.7 Å². The van der Waals surface area contributed by atoms with Crippen LogP contribution in [0.1, 0.15) is 39.0 Å². The smallest absolute Gasteiger partial charge is 0.233 e. The number of carbonyl (C=O) groups is 1. The summed E-state index contributed by atoms with van der Waals surface area (Å²) in [6.45, 7) is 2.45. The first-order valence-electron chi connectivity index (χ1n) is 8.80. The summed E-state index contributed by atoms with van der Waals surface area (Å²) in [5.41, 5.74) is 1.96. The fraction of sp³-hybridized carbons (Fsp3) is 0.444. The maximum atomic E-state index is 13.4. The lowest BCUT2D eigenvalue weighted by atomic mass is 9.97. The van der Waals surface area contributed by atoms with E-state index in [1.54, 1.807) is 12.1 Å². The summed E-state index contributed by atoms with van der Waals surface area (Å²) in [5, 5.41) is 14.6. The number of carbonyl (C=O) groups excluding carboxylic acids is 1. The second-order valence-corrected chi connectivity index (χ2v) is 7.57. The third-order valence-electron chi connectivity index (χ3n) is 4.28. The van der Waals surface area contributed by atoms with Gasteiger partial charge in [0, 0.05) is 6.54 Å². The van der Waals surface area contributed by atoms with Crippen molar-refractivity contribution in [3.05, 3.63) is 41.7 Å². The van der Waals surface area contributed by atoms with Gasteiger partial charge in [-0.25, -0.2) is 4.39 Å². The van der Waals surface area contributed by atoms with Crippen molar-refractivity contribution in [3.63, 3.8) is 0 Å². The number of nitrogens with one attached hydrogen (secondary N) is 1. The number of allylic oxidation sites excluding steroid dienone is 1. The van der Waals surface area contributed by atoms with Gasteiger partial charge in [0.1, 0.15) is 5.82 Å². The summed E-state index contributed by atoms with van der Waals surface area (Å²) in [5.74, 6) is -0.419. The maximum absolute atomic E-state index is 13.4. The topological polar surface area (TPSA) is 72.7 Å². The zero-order valence-electron chi connectivity index (χ0n) is 14.7. The van der Waals surface area contributed by atoms with Crippen LogP contribution in [0.25, 0.3) is 5.69 Å². The number of thioether (sulfide) groups is 1. The average molecular weight is 375 g/mol. The van der Waals surface area contributed by atoms with Crippen LogP contribution in [0, 0.1) is 5.82 Å². The van der Waals surface area contributed by atoms with E-state index in [4.69, 9.17) is 0 Å². The summed E-state index contributed by atoms with van der Waals surface area (Å²) in [7, 11) is 0. The molecule has 1 aromatic carbocycles. The predicted octanol–water partition coefficient (Wildman–Crippen LogP) is 3.29. The number of amides is 1. The molecule has 0 saturated heterocycles. The first kappa shape index (κ1) is 18.6. The van der Waals surface area contributed by atoms with Gasteiger partial charge in [-0.1, -0.05) is 29.5 Å². The highest BCUT2D eigenvalue weighted by Gasteiger charge is 2.19. The normalized spacial score (nSPS) is 15.4. The van der Waals surface area contributed by atoms with E-state index >= 15 is 0 Å².